The van der Waals surface area contributed by atoms with E-state index in [1.54, 1.807) is 0 Å². The van der Waals surface area contributed by atoms with E-state index >= 15 is 0 Å². The molecule has 0 saturated heterocycles. The Morgan fingerprint density at radius 1 is 0.865 bits per heavy atom. The molecule has 3 aromatic rings. The van der Waals surface area contributed by atoms with Crippen LogP contribution < -0.4 is 5.32 Å². The minimum Gasteiger partial charge on any atom is -0.391 e. The van der Waals surface area contributed by atoms with Crippen molar-refractivity contribution in [1.82, 2.24) is 0 Å². The van der Waals surface area contributed by atoms with E-state index in [2.05, 4.69) is 67.7 Å². The molecule has 1 aliphatic rings. The van der Waals surface area contributed by atoms with Crippen LogP contribution in [0.3, 0.4) is 0 Å². The van der Waals surface area contributed by atoms with Gasteiger partial charge in [-0.2, -0.15) is 10.6 Å². The third-order valence-corrected chi connectivity index (χ3v) is 10.1. The summed E-state index contributed by atoms with van der Waals surface area (Å²) in [6.45, 7) is 4.32. The lowest BCUT2D eigenvalue weighted by Gasteiger charge is -2.44. The number of unbranched alkanes of at least 4 members (excludes halogenated alkanes) is 2. The summed E-state index contributed by atoms with van der Waals surface area (Å²) in [7, 11) is -1.22. The van der Waals surface area contributed by atoms with Crippen molar-refractivity contribution in [2.24, 2.45) is 5.41 Å². The number of hydrogen-bond donors (Lipinski definition) is 4. The van der Waals surface area contributed by atoms with Crippen molar-refractivity contribution in [2.45, 2.75) is 75.7 Å². The number of benzene rings is 3. The molecule has 0 bridgehead atoms. The largest absolute Gasteiger partial charge is 0.391 e. The van der Waals surface area contributed by atoms with E-state index in [1.165, 1.54) is 11.1 Å². The molecule has 0 aromatic heterocycles. The van der Waals surface area contributed by atoms with Gasteiger partial charge in [0.05, 0.1) is 16.8 Å². The van der Waals surface area contributed by atoms with Gasteiger partial charge in [-0.25, -0.2) is 0 Å². The molecule has 1 aliphatic heterocycles. The maximum atomic E-state index is 12.4. The lowest BCUT2D eigenvalue weighted by molar-refractivity contribution is 0.0119. The topological polar surface area (TPSA) is 72.7 Å². The molecular weight excluding hydrogens is 478 g/mol. The van der Waals surface area contributed by atoms with Gasteiger partial charge in [0, 0.05) is 24.1 Å². The van der Waals surface area contributed by atoms with Gasteiger partial charge in [0.1, 0.15) is 0 Å². The van der Waals surface area contributed by atoms with Crippen LogP contribution in [0.5, 0.6) is 0 Å². The van der Waals surface area contributed by atoms with Gasteiger partial charge in [0.15, 0.2) is 0 Å². The highest BCUT2D eigenvalue weighted by Gasteiger charge is 2.49. The van der Waals surface area contributed by atoms with Crippen LogP contribution in [0.2, 0.25) is 0 Å². The summed E-state index contributed by atoms with van der Waals surface area (Å²) < 4.78 is 23.3. The fraction of sp³-hybridized carbons (Fsp3) is 0.438. The smallest absolute Gasteiger partial charge is 0.0721 e. The van der Waals surface area contributed by atoms with E-state index in [9.17, 15) is 14.2 Å². The lowest BCUT2D eigenvalue weighted by atomic mass is 9.68. The molecular formula is C32H43NO3S. The van der Waals surface area contributed by atoms with Gasteiger partial charge in [-0.1, -0.05) is 94.1 Å². The third kappa shape index (κ3) is 6.06. The van der Waals surface area contributed by atoms with Gasteiger partial charge in [0.2, 0.25) is 0 Å². The number of fused-ring (bicyclic) bond motifs is 1. The van der Waals surface area contributed by atoms with Gasteiger partial charge in [-0.3, -0.25) is 9.11 Å². The molecule has 37 heavy (non-hydrogen) atoms. The Balaban J connectivity index is 1.88. The highest BCUT2D eigenvalue weighted by molar-refractivity contribution is 8.24. The Bertz CT molecular complexity index is 1160. The van der Waals surface area contributed by atoms with Crippen LogP contribution in [0.4, 0.5) is 5.69 Å². The molecule has 1 unspecified atom stereocenters. The zero-order valence-electron chi connectivity index (χ0n) is 22.5. The Kier molecular flexibility index (Phi) is 9.02. The number of rotatable bonds is 10. The predicted molar refractivity (Wildman–Crippen MR) is 157 cm³/mol. The summed E-state index contributed by atoms with van der Waals surface area (Å²) in [6.07, 6.45) is 5.58. The fourth-order valence-corrected chi connectivity index (χ4v) is 8.31. The molecule has 0 aliphatic carbocycles. The maximum Gasteiger partial charge on any atom is 0.0721 e. The average molecular weight is 522 g/mol. The SMILES string of the molecule is CCCCC1(CCCC)CS(O)(O)c2ccc(NC)cc2C(c2cccc(Cc3ccccc3)c2)[C@H]1O. The van der Waals surface area contributed by atoms with Crippen molar-refractivity contribution in [3.8, 4) is 0 Å². The number of aliphatic hydroxyl groups excluding tert-OH is 1. The fourth-order valence-electron chi connectivity index (χ4n) is 6.05. The quantitative estimate of drug-likeness (QED) is 0.216. The summed E-state index contributed by atoms with van der Waals surface area (Å²) in [6, 6.07) is 24.7. The van der Waals surface area contributed by atoms with Crippen molar-refractivity contribution in [3.05, 3.63) is 95.1 Å². The van der Waals surface area contributed by atoms with Crippen molar-refractivity contribution < 1.29 is 14.2 Å². The maximum absolute atomic E-state index is 12.4. The molecule has 0 saturated carbocycles. The van der Waals surface area contributed by atoms with E-state index in [4.69, 9.17) is 0 Å². The number of aliphatic hydroxyl groups is 1. The molecule has 4 nitrogen and oxygen atoms in total. The zero-order valence-corrected chi connectivity index (χ0v) is 23.3. The Morgan fingerprint density at radius 3 is 2.19 bits per heavy atom. The molecule has 1 heterocycles. The number of nitrogens with one attached hydrogen (secondary N) is 1. The van der Waals surface area contributed by atoms with Crippen LogP contribution in [-0.2, 0) is 6.42 Å². The van der Waals surface area contributed by atoms with E-state index < -0.39 is 22.1 Å². The van der Waals surface area contributed by atoms with E-state index in [-0.39, 0.29) is 11.7 Å². The minimum atomic E-state index is -3.09. The predicted octanol–water partition coefficient (Wildman–Crippen LogP) is 8.30. The summed E-state index contributed by atoms with van der Waals surface area (Å²) in [5, 5.41) is 15.6. The monoisotopic (exact) mass is 521 g/mol. The molecule has 2 atom stereocenters. The highest BCUT2D eigenvalue weighted by atomic mass is 32.3. The Hall–Kier alpha value is -2.31. The van der Waals surface area contributed by atoms with Crippen LogP contribution in [0.1, 0.15) is 80.5 Å². The first-order chi connectivity index (χ1) is 17.8. The molecule has 4 N–H and O–H groups in total. The molecule has 0 amide bonds. The summed E-state index contributed by atoms with van der Waals surface area (Å²) in [5.41, 5.74) is 4.63. The molecule has 200 valence electrons. The van der Waals surface area contributed by atoms with Crippen molar-refractivity contribution in [3.63, 3.8) is 0 Å². The minimum absolute atomic E-state index is 0.216. The van der Waals surface area contributed by atoms with Gasteiger partial charge in [-0.15, -0.1) is 0 Å². The standard InChI is InChI=1S/C32H43NO3S/c1-4-6-18-32(19-7-5-2)23-37(35,36)29-17-16-27(33-3)22-28(29)30(31(32)34)26-15-11-14-25(21-26)20-24-12-9-8-10-13-24/h8-17,21-22,30-31,33-36H,4-7,18-20,23H2,1-3H3/t30?,31-/m1/s1. The number of anilines is 1. The zero-order chi connectivity index (χ0) is 26.5. The highest BCUT2D eigenvalue weighted by Crippen LogP contribution is 2.62. The van der Waals surface area contributed by atoms with E-state index in [1.807, 2.05) is 31.3 Å². The summed E-state index contributed by atoms with van der Waals surface area (Å²) in [5.74, 6) is -0.130. The van der Waals surface area contributed by atoms with Gasteiger partial charge in [-0.05, 0) is 59.7 Å². The second-order valence-corrected chi connectivity index (χ2v) is 12.8. The molecule has 3 aromatic carbocycles. The van der Waals surface area contributed by atoms with Crippen LogP contribution in [0, 0.1) is 5.41 Å². The first kappa shape index (κ1) is 27.7. The van der Waals surface area contributed by atoms with Crippen LogP contribution in [-0.4, -0.2) is 33.1 Å². The normalized spacial score (nSPS) is 21.0. The molecule has 5 heteroatoms. The second-order valence-electron chi connectivity index (χ2n) is 10.7. The van der Waals surface area contributed by atoms with Crippen LogP contribution >= 0.6 is 10.6 Å². The van der Waals surface area contributed by atoms with Gasteiger partial charge >= 0.3 is 0 Å². The van der Waals surface area contributed by atoms with Crippen molar-refractivity contribution in [2.75, 3.05) is 18.1 Å². The second kappa shape index (κ2) is 12.0. The molecule has 4 rings (SSSR count). The van der Waals surface area contributed by atoms with Crippen molar-refractivity contribution >= 4 is 16.3 Å². The first-order valence-corrected chi connectivity index (χ1v) is 15.4. The number of hydrogen-bond acceptors (Lipinski definition) is 4. The summed E-state index contributed by atoms with van der Waals surface area (Å²) >= 11 is 0. The molecule has 0 spiro atoms. The lowest BCUT2D eigenvalue weighted by Crippen LogP contribution is -2.42. The van der Waals surface area contributed by atoms with E-state index in [0.717, 1.165) is 61.8 Å². The third-order valence-electron chi connectivity index (χ3n) is 8.04. The molecule has 0 radical (unpaired) electrons. The van der Waals surface area contributed by atoms with E-state index in [0.29, 0.717) is 4.90 Å². The Morgan fingerprint density at radius 2 is 1.54 bits per heavy atom. The van der Waals surface area contributed by atoms with Crippen LogP contribution in [0.15, 0.2) is 77.7 Å². The summed E-state index contributed by atoms with van der Waals surface area (Å²) in [4.78, 5) is 0.582. The van der Waals surface area contributed by atoms with Crippen molar-refractivity contribution in [1.29, 1.82) is 0 Å². The average Bonchev–Trinajstić information content (AvgIpc) is 2.97. The van der Waals surface area contributed by atoms with Gasteiger partial charge < -0.3 is 10.4 Å². The van der Waals surface area contributed by atoms with Gasteiger partial charge in [0.25, 0.3) is 0 Å². The van der Waals surface area contributed by atoms with Crippen LogP contribution in [0.25, 0.3) is 0 Å². The Labute approximate surface area is 224 Å². The first-order valence-electron chi connectivity index (χ1n) is 13.7. The molecule has 0 fully saturated rings.